The lowest BCUT2D eigenvalue weighted by molar-refractivity contribution is -0.120. The Morgan fingerprint density at radius 2 is 2.00 bits per heavy atom. The van der Waals surface area contributed by atoms with Gasteiger partial charge in [-0.2, -0.15) is 0 Å². The van der Waals surface area contributed by atoms with E-state index in [0.29, 0.717) is 12.2 Å². The summed E-state index contributed by atoms with van der Waals surface area (Å²) in [6.07, 6.45) is 2.05. The molecule has 1 saturated heterocycles. The molecule has 132 valence electrons. The number of carbonyl (C=O) groups is 1. The molecule has 25 heavy (non-hydrogen) atoms. The Morgan fingerprint density at radius 1 is 1.16 bits per heavy atom. The van der Waals surface area contributed by atoms with Crippen molar-refractivity contribution in [1.29, 1.82) is 0 Å². The molecular weight excluding hydrogens is 319 g/mol. The first-order chi connectivity index (χ1) is 12.2. The summed E-state index contributed by atoms with van der Waals surface area (Å²) in [5.74, 6) is -0.175. The minimum atomic E-state index is -0.324. The third-order valence-corrected chi connectivity index (χ3v) is 4.41. The van der Waals surface area contributed by atoms with Gasteiger partial charge in [-0.05, 0) is 36.6 Å². The van der Waals surface area contributed by atoms with Crippen molar-refractivity contribution in [2.24, 2.45) is 5.92 Å². The van der Waals surface area contributed by atoms with Crippen LogP contribution in [0.2, 0.25) is 0 Å². The Balaban J connectivity index is 1.50. The van der Waals surface area contributed by atoms with Crippen LogP contribution in [0, 0.1) is 11.7 Å². The minimum absolute atomic E-state index is 0.0198. The van der Waals surface area contributed by atoms with E-state index in [4.69, 9.17) is 4.74 Å². The van der Waals surface area contributed by atoms with Gasteiger partial charge in [0.15, 0.2) is 0 Å². The zero-order chi connectivity index (χ0) is 17.5. The van der Waals surface area contributed by atoms with Gasteiger partial charge in [0.05, 0.1) is 12.6 Å². The van der Waals surface area contributed by atoms with Crippen LogP contribution in [0.4, 0.5) is 10.1 Å². The van der Waals surface area contributed by atoms with E-state index < -0.39 is 0 Å². The van der Waals surface area contributed by atoms with E-state index in [1.54, 1.807) is 12.1 Å². The van der Waals surface area contributed by atoms with Gasteiger partial charge in [-0.25, -0.2) is 4.39 Å². The van der Waals surface area contributed by atoms with Crippen molar-refractivity contribution in [3.05, 3.63) is 66.0 Å². The number of anilines is 1. The summed E-state index contributed by atoms with van der Waals surface area (Å²) in [4.78, 5) is 12.1. The van der Waals surface area contributed by atoms with Crippen LogP contribution in [0.5, 0.6) is 0 Å². The van der Waals surface area contributed by atoms with Gasteiger partial charge in [0.1, 0.15) is 5.82 Å². The SMILES string of the molecule is O=C(CNc1cccc(F)c1)NC[C@@H]1CCCO[C@@H]1c1ccccc1. The molecule has 0 saturated carbocycles. The molecule has 0 radical (unpaired) electrons. The molecule has 1 aliphatic rings. The molecule has 1 fully saturated rings. The molecule has 2 aromatic rings. The van der Waals surface area contributed by atoms with Crippen LogP contribution in [-0.4, -0.2) is 25.6 Å². The molecular formula is C20H23FN2O2. The predicted octanol–water partition coefficient (Wildman–Crippen LogP) is 3.52. The van der Waals surface area contributed by atoms with Gasteiger partial charge < -0.3 is 15.4 Å². The van der Waals surface area contributed by atoms with Crippen LogP contribution in [0.1, 0.15) is 24.5 Å². The van der Waals surface area contributed by atoms with Crippen LogP contribution in [-0.2, 0) is 9.53 Å². The first-order valence-electron chi connectivity index (χ1n) is 8.65. The fourth-order valence-electron chi connectivity index (χ4n) is 3.15. The average Bonchev–Trinajstić information content (AvgIpc) is 2.66. The predicted molar refractivity (Wildman–Crippen MR) is 95.8 cm³/mol. The molecule has 5 heteroatoms. The van der Waals surface area contributed by atoms with Crippen molar-refractivity contribution >= 4 is 11.6 Å². The maximum atomic E-state index is 13.1. The van der Waals surface area contributed by atoms with E-state index in [1.807, 2.05) is 18.2 Å². The zero-order valence-electron chi connectivity index (χ0n) is 14.1. The van der Waals surface area contributed by atoms with E-state index >= 15 is 0 Å². The van der Waals surface area contributed by atoms with Gasteiger partial charge in [-0.15, -0.1) is 0 Å². The van der Waals surface area contributed by atoms with E-state index in [9.17, 15) is 9.18 Å². The van der Waals surface area contributed by atoms with Crippen molar-refractivity contribution in [2.75, 3.05) is 25.0 Å². The number of rotatable bonds is 6. The molecule has 0 bridgehead atoms. The Bertz CT molecular complexity index is 693. The smallest absolute Gasteiger partial charge is 0.239 e. The first kappa shape index (κ1) is 17.4. The second-order valence-electron chi connectivity index (χ2n) is 6.27. The van der Waals surface area contributed by atoms with E-state index in [1.165, 1.54) is 12.1 Å². The summed E-state index contributed by atoms with van der Waals surface area (Å²) in [6, 6.07) is 16.2. The van der Waals surface area contributed by atoms with Gasteiger partial charge in [-0.1, -0.05) is 36.4 Å². The largest absolute Gasteiger partial charge is 0.376 e. The van der Waals surface area contributed by atoms with Crippen molar-refractivity contribution in [3.63, 3.8) is 0 Å². The second-order valence-corrected chi connectivity index (χ2v) is 6.27. The summed E-state index contributed by atoms with van der Waals surface area (Å²) in [5.41, 5.74) is 1.75. The fourth-order valence-corrected chi connectivity index (χ4v) is 3.15. The summed E-state index contributed by atoms with van der Waals surface area (Å²) in [7, 11) is 0. The third kappa shape index (κ3) is 5.03. The highest BCUT2D eigenvalue weighted by Crippen LogP contribution is 2.32. The molecule has 4 nitrogen and oxygen atoms in total. The summed E-state index contributed by atoms with van der Waals surface area (Å²) in [5, 5.41) is 5.89. The number of nitrogens with one attached hydrogen (secondary N) is 2. The fraction of sp³-hybridized carbons (Fsp3) is 0.350. The lowest BCUT2D eigenvalue weighted by Gasteiger charge is -2.32. The van der Waals surface area contributed by atoms with Gasteiger partial charge in [0, 0.05) is 24.8 Å². The van der Waals surface area contributed by atoms with Crippen molar-refractivity contribution in [3.8, 4) is 0 Å². The summed E-state index contributed by atoms with van der Waals surface area (Å²) >= 11 is 0. The lowest BCUT2D eigenvalue weighted by Crippen LogP contribution is -2.37. The van der Waals surface area contributed by atoms with E-state index in [-0.39, 0.29) is 30.3 Å². The quantitative estimate of drug-likeness (QED) is 0.844. The average molecular weight is 342 g/mol. The molecule has 1 aliphatic heterocycles. The maximum absolute atomic E-state index is 13.1. The van der Waals surface area contributed by atoms with Gasteiger partial charge in [-0.3, -0.25) is 4.79 Å². The van der Waals surface area contributed by atoms with Crippen molar-refractivity contribution in [1.82, 2.24) is 5.32 Å². The second kappa shape index (κ2) is 8.62. The van der Waals surface area contributed by atoms with Gasteiger partial charge >= 0.3 is 0 Å². The molecule has 3 rings (SSSR count). The highest BCUT2D eigenvalue weighted by atomic mass is 19.1. The molecule has 0 aliphatic carbocycles. The molecule has 0 spiro atoms. The molecule has 1 amide bonds. The Morgan fingerprint density at radius 3 is 2.80 bits per heavy atom. The number of amides is 1. The first-order valence-corrected chi connectivity index (χ1v) is 8.65. The Hall–Kier alpha value is -2.40. The lowest BCUT2D eigenvalue weighted by atomic mass is 9.89. The molecule has 2 atom stereocenters. The Kier molecular flexibility index (Phi) is 6.01. The maximum Gasteiger partial charge on any atom is 0.239 e. The number of carbonyl (C=O) groups excluding carboxylic acids is 1. The summed E-state index contributed by atoms with van der Waals surface area (Å²) in [6.45, 7) is 1.45. The van der Waals surface area contributed by atoms with Crippen LogP contribution in [0.3, 0.4) is 0 Å². The number of ether oxygens (including phenoxy) is 1. The normalized spacial score (nSPS) is 20.0. The van der Waals surface area contributed by atoms with Crippen LogP contribution in [0.15, 0.2) is 54.6 Å². The number of hydrogen-bond acceptors (Lipinski definition) is 3. The topological polar surface area (TPSA) is 50.4 Å². The van der Waals surface area contributed by atoms with Gasteiger partial charge in [0.2, 0.25) is 5.91 Å². The van der Waals surface area contributed by atoms with Crippen LogP contribution >= 0.6 is 0 Å². The number of hydrogen-bond donors (Lipinski definition) is 2. The molecule has 0 aromatic heterocycles. The van der Waals surface area contributed by atoms with Crippen LogP contribution < -0.4 is 10.6 Å². The third-order valence-electron chi connectivity index (χ3n) is 4.41. The highest BCUT2D eigenvalue weighted by molar-refractivity contribution is 5.80. The minimum Gasteiger partial charge on any atom is -0.376 e. The van der Waals surface area contributed by atoms with E-state index in [0.717, 1.165) is 25.0 Å². The van der Waals surface area contributed by atoms with E-state index in [2.05, 4.69) is 22.8 Å². The molecule has 1 heterocycles. The monoisotopic (exact) mass is 342 g/mol. The Labute approximate surface area is 147 Å². The molecule has 2 N–H and O–H groups in total. The standard InChI is InChI=1S/C20H23FN2O2/c21-17-9-4-10-18(12-17)22-14-19(24)23-13-16-8-5-11-25-20(16)15-6-2-1-3-7-15/h1-4,6-7,9-10,12,16,20,22H,5,8,11,13-14H2,(H,23,24)/t16-,20+/m0/s1. The highest BCUT2D eigenvalue weighted by Gasteiger charge is 2.27. The molecule has 0 unspecified atom stereocenters. The zero-order valence-corrected chi connectivity index (χ0v) is 14.1. The van der Waals surface area contributed by atoms with Crippen molar-refractivity contribution < 1.29 is 13.9 Å². The number of benzene rings is 2. The van der Waals surface area contributed by atoms with Crippen LogP contribution in [0.25, 0.3) is 0 Å². The summed E-state index contributed by atoms with van der Waals surface area (Å²) < 4.78 is 19.1. The molecule has 2 aromatic carbocycles. The van der Waals surface area contributed by atoms with Crippen molar-refractivity contribution in [2.45, 2.75) is 18.9 Å². The van der Waals surface area contributed by atoms with Gasteiger partial charge in [0.25, 0.3) is 0 Å². The number of halogens is 1.